The Balaban J connectivity index is 1.33. The van der Waals surface area contributed by atoms with E-state index < -0.39 is 0 Å². The predicted octanol–water partition coefficient (Wildman–Crippen LogP) is 4.07. The van der Waals surface area contributed by atoms with Crippen molar-refractivity contribution >= 4 is 11.6 Å². The standard InChI is InChI=1S/C19H21ClN4O2/c1-13-2-4-17(25-13)19-14(10-22-23-19)12-24-8-6-16(7-9-24)26-18-5-3-15(20)11-21-18/h2-5,10-11,16H,6-9,12H2,1H3,(H,22,23). The first-order chi connectivity index (χ1) is 12.7. The molecule has 0 spiro atoms. The summed E-state index contributed by atoms with van der Waals surface area (Å²) in [5.74, 6) is 2.37. The molecule has 136 valence electrons. The number of aryl methyl sites for hydroxylation is 1. The summed E-state index contributed by atoms with van der Waals surface area (Å²) in [7, 11) is 0. The summed E-state index contributed by atoms with van der Waals surface area (Å²) >= 11 is 5.86. The average molecular weight is 373 g/mol. The van der Waals surface area contributed by atoms with Gasteiger partial charge >= 0.3 is 0 Å². The molecule has 4 rings (SSSR count). The fraction of sp³-hybridized carbons (Fsp3) is 0.368. The molecule has 4 heterocycles. The number of rotatable bonds is 5. The second kappa shape index (κ2) is 7.51. The molecule has 1 N–H and O–H groups in total. The molecule has 6 nitrogen and oxygen atoms in total. The summed E-state index contributed by atoms with van der Waals surface area (Å²) in [6, 6.07) is 7.56. The van der Waals surface area contributed by atoms with Crippen LogP contribution in [0.2, 0.25) is 5.02 Å². The smallest absolute Gasteiger partial charge is 0.213 e. The summed E-state index contributed by atoms with van der Waals surface area (Å²) < 4.78 is 11.7. The summed E-state index contributed by atoms with van der Waals surface area (Å²) in [5.41, 5.74) is 2.11. The van der Waals surface area contributed by atoms with E-state index in [1.807, 2.05) is 31.3 Å². The van der Waals surface area contributed by atoms with Gasteiger partial charge in [0, 0.05) is 37.5 Å². The number of nitrogens with zero attached hydrogens (tertiary/aromatic N) is 3. The Labute approximate surface area is 157 Å². The van der Waals surface area contributed by atoms with E-state index in [9.17, 15) is 0 Å². The lowest BCUT2D eigenvalue weighted by Crippen LogP contribution is -2.37. The second-order valence-electron chi connectivity index (χ2n) is 6.59. The number of likely N-dealkylation sites (tertiary alicyclic amines) is 1. The minimum atomic E-state index is 0.191. The van der Waals surface area contributed by atoms with Crippen molar-refractivity contribution in [3.8, 4) is 17.3 Å². The highest BCUT2D eigenvalue weighted by Crippen LogP contribution is 2.26. The number of aromatic amines is 1. The maximum absolute atomic E-state index is 5.96. The van der Waals surface area contributed by atoms with Crippen molar-refractivity contribution < 1.29 is 9.15 Å². The van der Waals surface area contributed by atoms with Crippen LogP contribution in [0.1, 0.15) is 24.2 Å². The predicted molar refractivity (Wildman–Crippen MR) is 99.2 cm³/mol. The number of aromatic nitrogens is 3. The molecule has 0 amide bonds. The van der Waals surface area contributed by atoms with Gasteiger partial charge in [-0.1, -0.05) is 11.6 Å². The Kier molecular flexibility index (Phi) is 4.95. The zero-order chi connectivity index (χ0) is 17.9. The number of nitrogens with one attached hydrogen (secondary N) is 1. The van der Waals surface area contributed by atoms with Gasteiger partial charge in [-0.25, -0.2) is 4.98 Å². The number of hydrogen-bond donors (Lipinski definition) is 1. The lowest BCUT2D eigenvalue weighted by Gasteiger charge is -2.31. The number of H-pyrrole nitrogens is 1. The van der Waals surface area contributed by atoms with Crippen molar-refractivity contribution in [2.24, 2.45) is 0 Å². The minimum absolute atomic E-state index is 0.191. The van der Waals surface area contributed by atoms with Gasteiger partial charge in [0.15, 0.2) is 5.76 Å². The molecule has 0 aromatic carbocycles. The molecule has 1 aliphatic rings. The van der Waals surface area contributed by atoms with Gasteiger partial charge in [-0.3, -0.25) is 10.00 Å². The van der Waals surface area contributed by atoms with Crippen molar-refractivity contribution in [2.75, 3.05) is 13.1 Å². The van der Waals surface area contributed by atoms with E-state index in [4.69, 9.17) is 20.8 Å². The first-order valence-corrected chi connectivity index (χ1v) is 9.15. The lowest BCUT2D eigenvalue weighted by atomic mass is 10.1. The van der Waals surface area contributed by atoms with Gasteiger partial charge in [-0.05, 0) is 38.0 Å². The third kappa shape index (κ3) is 3.92. The number of furan rings is 1. The number of hydrogen-bond acceptors (Lipinski definition) is 5. The number of ether oxygens (including phenoxy) is 1. The SMILES string of the molecule is Cc1ccc(-c2[nH]ncc2CN2CCC(Oc3ccc(Cl)cn3)CC2)o1. The third-order valence-corrected chi connectivity index (χ3v) is 4.84. The van der Waals surface area contributed by atoms with Gasteiger partial charge in [0.25, 0.3) is 0 Å². The van der Waals surface area contributed by atoms with Crippen LogP contribution < -0.4 is 4.74 Å². The van der Waals surface area contributed by atoms with E-state index in [0.717, 1.165) is 55.3 Å². The van der Waals surface area contributed by atoms with Crippen LogP contribution >= 0.6 is 11.6 Å². The van der Waals surface area contributed by atoms with Crippen LogP contribution in [0, 0.1) is 6.92 Å². The van der Waals surface area contributed by atoms with Crippen molar-refractivity contribution in [3.05, 3.63) is 53.0 Å². The van der Waals surface area contributed by atoms with Gasteiger partial charge in [0.05, 0.1) is 11.2 Å². The molecule has 0 atom stereocenters. The summed E-state index contributed by atoms with van der Waals surface area (Å²) in [4.78, 5) is 6.62. The monoisotopic (exact) mass is 372 g/mol. The van der Waals surface area contributed by atoms with Crippen LogP contribution in [0.25, 0.3) is 11.5 Å². The molecular formula is C19H21ClN4O2. The Hall–Kier alpha value is -2.31. The number of halogens is 1. The third-order valence-electron chi connectivity index (χ3n) is 4.62. The summed E-state index contributed by atoms with van der Waals surface area (Å²) in [6.07, 6.45) is 5.63. The van der Waals surface area contributed by atoms with E-state index in [0.29, 0.717) is 10.9 Å². The molecular weight excluding hydrogens is 352 g/mol. The maximum atomic E-state index is 5.96. The van der Waals surface area contributed by atoms with E-state index in [-0.39, 0.29) is 6.10 Å². The van der Waals surface area contributed by atoms with Crippen molar-refractivity contribution in [3.63, 3.8) is 0 Å². The Morgan fingerprint density at radius 1 is 1.23 bits per heavy atom. The molecule has 0 aliphatic carbocycles. The minimum Gasteiger partial charge on any atom is -0.474 e. The quantitative estimate of drug-likeness (QED) is 0.731. The Morgan fingerprint density at radius 2 is 2.08 bits per heavy atom. The molecule has 3 aromatic rings. The number of piperidine rings is 1. The van der Waals surface area contributed by atoms with E-state index in [2.05, 4.69) is 20.1 Å². The van der Waals surface area contributed by atoms with Crippen LogP contribution in [0.5, 0.6) is 5.88 Å². The molecule has 1 aliphatic heterocycles. The zero-order valence-electron chi connectivity index (χ0n) is 14.6. The molecule has 0 saturated carbocycles. The van der Waals surface area contributed by atoms with Gasteiger partial charge in [-0.2, -0.15) is 5.10 Å². The number of pyridine rings is 1. The summed E-state index contributed by atoms with van der Waals surface area (Å²) in [5, 5.41) is 7.87. The van der Waals surface area contributed by atoms with Crippen molar-refractivity contribution in [1.82, 2.24) is 20.1 Å². The fourth-order valence-corrected chi connectivity index (χ4v) is 3.35. The van der Waals surface area contributed by atoms with Crippen molar-refractivity contribution in [2.45, 2.75) is 32.4 Å². The Morgan fingerprint density at radius 3 is 2.77 bits per heavy atom. The molecule has 26 heavy (non-hydrogen) atoms. The zero-order valence-corrected chi connectivity index (χ0v) is 15.4. The van der Waals surface area contributed by atoms with E-state index >= 15 is 0 Å². The van der Waals surface area contributed by atoms with Gasteiger partial charge in [0.2, 0.25) is 5.88 Å². The highest BCUT2D eigenvalue weighted by atomic mass is 35.5. The van der Waals surface area contributed by atoms with Crippen LogP contribution in [0.4, 0.5) is 0 Å². The first kappa shape index (κ1) is 17.1. The molecule has 0 bridgehead atoms. The molecule has 0 unspecified atom stereocenters. The highest BCUT2D eigenvalue weighted by Gasteiger charge is 2.22. The van der Waals surface area contributed by atoms with Crippen molar-refractivity contribution in [1.29, 1.82) is 0 Å². The van der Waals surface area contributed by atoms with Crippen LogP contribution in [-0.4, -0.2) is 39.3 Å². The molecule has 1 fully saturated rings. The Bertz CT molecular complexity index is 851. The van der Waals surface area contributed by atoms with Gasteiger partial charge < -0.3 is 9.15 Å². The maximum Gasteiger partial charge on any atom is 0.213 e. The molecule has 3 aromatic heterocycles. The normalized spacial score (nSPS) is 16.1. The molecule has 0 radical (unpaired) electrons. The lowest BCUT2D eigenvalue weighted by molar-refractivity contribution is 0.0933. The fourth-order valence-electron chi connectivity index (χ4n) is 3.24. The second-order valence-corrected chi connectivity index (χ2v) is 7.02. The van der Waals surface area contributed by atoms with Crippen LogP contribution in [0.3, 0.4) is 0 Å². The average Bonchev–Trinajstić information content (AvgIpc) is 3.27. The van der Waals surface area contributed by atoms with E-state index in [1.54, 1.807) is 12.3 Å². The molecule has 1 saturated heterocycles. The largest absolute Gasteiger partial charge is 0.474 e. The molecule has 7 heteroatoms. The highest BCUT2D eigenvalue weighted by molar-refractivity contribution is 6.30. The topological polar surface area (TPSA) is 67.2 Å². The summed E-state index contributed by atoms with van der Waals surface area (Å²) in [6.45, 7) is 4.73. The van der Waals surface area contributed by atoms with Crippen LogP contribution in [0.15, 0.2) is 41.1 Å². The van der Waals surface area contributed by atoms with Gasteiger partial charge in [-0.15, -0.1) is 0 Å². The van der Waals surface area contributed by atoms with Crippen LogP contribution in [-0.2, 0) is 6.54 Å². The van der Waals surface area contributed by atoms with Gasteiger partial charge in [0.1, 0.15) is 17.6 Å². The van der Waals surface area contributed by atoms with E-state index in [1.165, 1.54) is 0 Å². The first-order valence-electron chi connectivity index (χ1n) is 8.77.